The smallest absolute Gasteiger partial charge is 0.165 e. The van der Waals surface area contributed by atoms with Gasteiger partial charge in [0, 0.05) is 5.56 Å². The molecule has 1 heterocycles. The van der Waals surface area contributed by atoms with Crippen LogP contribution in [0.1, 0.15) is 5.56 Å². The third-order valence-corrected chi connectivity index (χ3v) is 3.85. The molecule has 0 bridgehead atoms. The monoisotopic (exact) mass is 318 g/mol. The molecule has 0 atom stereocenters. The lowest BCUT2D eigenvalue weighted by atomic mass is 10.1. The van der Waals surface area contributed by atoms with Crippen LogP contribution in [0.4, 0.5) is 4.39 Å². The highest BCUT2D eigenvalue weighted by molar-refractivity contribution is 5.79. The van der Waals surface area contributed by atoms with E-state index in [0.29, 0.717) is 6.61 Å². The van der Waals surface area contributed by atoms with Crippen molar-refractivity contribution < 1.29 is 9.13 Å². The summed E-state index contributed by atoms with van der Waals surface area (Å²) in [5.41, 5.74) is 3.93. The van der Waals surface area contributed by atoms with Crippen molar-refractivity contribution in [2.24, 2.45) is 0 Å². The number of imidazole rings is 1. The standard InChI is InChI=1S/C20H15FN2O/c21-16-5-1-4-8-19(16)24-13-14-9-11-15(12-10-14)20-22-17-6-2-3-7-18(17)23-20/h1-12H,13H2,(H,22,23). The summed E-state index contributed by atoms with van der Waals surface area (Å²) >= 11 is 0. The molecule has 4 rings (SSSR count). The summed E-state index contributed by atoms with van der Waals surface area (Å²) < 4.78 is 19.1. The highest BCUT2D eigenvalue weighted by Crippen LogP contribution is 2.22. The molecule has 0 saturated carbocycles. The van der Waals surface area contributed by atoms with Crippen LogP contribution in [-0.2, 0) is 6.61 Å². The van der Waals surface area contributed by atoms with Crippen LogP contribution in [0.15, 0.2) is 72.8 Å². The van der Waals surface area contributed by atoms with Crippen LogP contribution >= 0.6 is 0 Å². The van der Waals surface area contributed by atoms with Gasteiger partial charge in [0.2, 0.25) is 0 Å². The summed E-state index contributed by atoms with van der Waals surface area (Å²) in [4.78, 5) is 7.89. The molecule has 24 heavy (non-hydrogen) atoms. The summed E-state index contributed by atoms with van der Waals surface area (Å²) in [5, 5.41) is 0. The molecule has 0 unspecified atom stereocenters. The second kappa shape index (κ2) is 6.16. The van der Waals surface area contributed by atoms with Crippen LogP contribution in [0.2, 0.25) is 0 Å². The first kappa shape index (κ1) is 14.5. The maximum absolute atomic E-state index is 13.5. The number of hydrogen-bond acceptors (Lipinski definition) is 2. The fourth-order valence-corrected chi connectivity index (χ4v) is 2.57. The van der Waals surface area contributed by atoms with Crippen molar-refractivity contribution in [3.8, 4) is 17.1 Å². The molecule has 0 amide bonds. The normalized spacial score (nSPS) is 10.9. The maximum atomic E-state index is 13.5. The lowest BCUT2D eigenvalue weighted by molar-refractivity contribution is 0.290. The average Bonchev–Trinajstić information content (AvgIpc) is 3.06. The van der Waals surface area contributed by atoms with Gasteiger partial charge in [0.05, 0.1) is 11.0 Å². The topological polar surface area (TPSA) is 37.9 Å². The number of hydrogen-bond donors (Lipinski definition) is 1. The Morgan fingerprint density at radius 1 is 0.875 bits per heavy atom. The van der Waals surface area contributed by atoms with E-state index in [1.54, 1.807) is 18.2 Å². The van der Waals surface area contributed by atoms with Crippen LogP contribution < -0.4 is 4.74 Å². The zero-order chi connectivity index (χ0) is 16.4. The van der Waals surface area contributed by atoms with Crippen molar-refractivity contribution >= 4 is 11.0 Å². The Bertz CT molecular complexity index is 943. The van der Waals surface area contributed by atoms with Crippen molar-refractivity contribution in [2.45, 2.75) is 6.61 Å². The van der Waals surface area contributed by atoms with Gasteiger partial charge in [-0.2, -0.15) is 0 Å². The zero-order valence-corrected chi connectivity index (χ0v) is 12.9. The van der Waals surface area contributed by atoms with E-state index < -0.39 is 0 Å². The van der Waals surface area contributed by atoms with E-state index in [2.05, 4.69) is 9.97 Å². The van der Waals surface area contributed by atoms with Crippen LogP contribution in [0.3, 0.4) is 0 Å². The molecule has 4 aromatic rings. The van der Waals surface area contributed by atoms with Gasteiger partial charge in [-0.15, -0.1) is 0 Å². The zero-order valence-electron chi connectivity index (χ0n) is 12.9. The molecule has 0 radical (unpaired) electrons. The van der Waals surface area contributed by atoms with Crippen molar-refractivity contribution in [1.82, 2.24) is 9.97 Å². The van der Waals surface area contributed by atoms with E-state index in [0.717, 1.165) is 28.0 Å². The van der Waals surface area contributed by atoms with E-state index in [1.165, 1.54) is 6.07 Å². The highest BCUT2D eigenvalue weighted by Gasteiger charge is 2.06. The second-order valence-corrected chi connectivity index (χ2v) is 5.52. The fraction of sp³-hybridized carbons (Fsp3) is 0.0500. The van der Waals surface area contributed by atoms with Gasteiger partial charge in [0.25, 0.3) is 0 Å². The van der Waals surface area contributed by atoms with Gasteiger partial charge >= 0.3 is 0 Å². The van der Waals surface area contributed by atoms with Gasteiger partial charge in [-0.3, -0.25) is 0 Å². The summed E-state index contributed by atoms with van der Waals surface area (Å²) in [6.07, 6.45) is 0. The molecule has 0 aliphatic carbocycles. The number of rotatable bonds is 4. The second-order valence-electron chi connectivity index (χ2n) is 5.52. The molecule has 1 N–H and O–H groups in total. The van der Waals surface area contributed by atoms with Crippen molar-refractivity contribution in [1.29, 1.82) is 0 Å². The van der Waals surface area contributed by atoms with Crippen LogP contribution in [0.25, 0.3) is 22.4 Å². The number of H-pyrrole nitrogens is 1. The Balaban J connectivity index is 1.51. The fourth-order valence-electron chi connectivity index (χ4n) is 2.57. The molecule has 0 saturated heterocycles. The molecular formula is C20H15FN2O. The Labute approximate surface area is 138 Å². The first-order valence-corrected chi connectivity index (χ1v) is 7.71. The van der Waals surface area contributed by atoms with E-state index in [4.69, 9.17) is 4.74 Å². The number of nitrogens with zero attached hydrogens (tertiary/aromatic N) is 1. The summed E-state index contributed by atoms with van der Waals surface area (Å²) in [6.45, 7) is 0.321. The van der Waals surface area contributed by atoms with Crippen LogP contribution in [0, 0.1) is 5.82 Å². The SMILES string of the molecule is Fc1ccccc1OCc1ccc(-c2nc3ccccc3[nH]2)cc1. The summed E-state index contributed by atoms with van der Waals surface area (Å²) in [7, 11) is 0. The number of aromatic amines is 1. The molecule has 3 aromatic carbocycles. The first-order chi connectivity index (χ1) is 11.8. The van der Waals surface area contributed by atoms with Gasteiger partial charge in [-0.05, 0) is 29.8 Å². The molecule has 0 fully saturated rings. The number of aromatic nitrogens is 2. The molecular weight excluding hydrogens is 303 g/mol. The Morgan fingerprint density at radius 3 is 2.42 bits per heavy atom. The number of fused-ring (bicyclic) bond motifs is 1. The van der Waals surface area contributed by atoms with Crippen molar-refractivity contribution in [3.05, 3.63) is 84.2 Å². The predicted octanol–water partition coefficient (Wildman–Crippen LogP) is 4.95. The minimum absolute atomic E-state index is 0.263. The molecule has 3 nitrogen and oxygen atoms in total. The molecule has 0 aliphatic rings. The lowest BCUT2D eigenvalue weighted by Crippen LogP contribution is -1.97. The van der Waals surface area contributed by atoms with Crippen molar-refractivity contribution in [3.63, 3.8) is 0 Å². The molecule has 4 heteroatoms. The van der Waals surface area contributed by atoms with E-state index in [1.807, 2.05) is 48.5 Å². The number of benzene rings is 3. The number of para-hydroxylation sites is 3. The molecule has 118 valence electrons. The minimum atomic E-state index is -0.351. The highest BCUT2D eigenvalue weighted by atomic mass is 19.1. The quantitative estimate of drug-likeness (QED) is 0.578. The van der Waals surface area contributed by atoms with Gasteiger partial charge in [0.15, 0.2) is 11.6 Å². The predicted molar refractivity (Wildman–Crippen MR) is 92.3 cm³/mol. The Hall–Kier alpha value is -3.14. The Morgan fingerprint density at radius 2 is 1.62 bits per heavy atom. The largest absolute Gasteiger partial charge is 0.486 e. The number of halogens is 1. The first-order valence-electron chi connectivity index (χ1n) is 7.71. The molecule has 0 spiro atoms. The summed E-state index contributed by atoms with van der Waals surface area (Å²) in [6, 6.07) is 22.2. The van der Waals surface area contributed by atoms with Gasteiger partial charge in [-0.1, -0.05) is 48.5 Å². The number of ether oxygens (including phenoxy) is 1. The van der Waals surface area contributed by atoms with E-state index >= 15 is 0 Å². The summed E-state index contributed by atoms with van der Waals surface area (Å²) in [5.74, 6) is 0.744. The van der Waals surface area contributed by atoms with Crippen LogP contribution in [0.5, 0.6) is 5.75 Å². The minimum Gasteiger partial charge on any atom is -0.486 e. The van der Waals surface area contributed by atoms with Crippen molar-refractivity contribution in [2.75, 3.05) is 0 Å². The van der Waals surface area contributed by atoms with E-state index in [9.17, 15) is 4.39 Å². The van der Waals surface area contributed by atoms with Gasteiger partial charge < -0.3 is 9.72 Å². The molecule has 1 aromatic heterocycles. The third kappa shape index (κ3) is 2.86. The number of nitrogens with one attached hydrogen (secondary N) is 1. The van der Waals surface area contributed by atoms with Gasteiger partial charge in [0.1, 0.15) is 12.4 Å². The van der Waals surface area contributed by atoms with Crippen LogP contribution in [-0.4, -0.2) is 9.97 Å². The van der Waals surface area contributed by atoms with E-state index in [-0.39, 0.29) is 11.6 Å². The van der Waals surface area contributed by atoms with Gasteiger partial charge in [-0.25, -0.2) is 9.37 Å². The average molecular weight is 318 g/mol. The maximum Gasteiger partial charge on any atom is 0.165 e. The lowest BCUT2D eigenvalue weighted by Gasteiger charge is -2.07. The molecule has 0 aliphatic heterocycles. The third-order valence-electron chi connectivity index (χ3n) is 3.85. The Kier molecular flexibility index (Phi) is 3.71.